The number of benzene rings is 2. The van der Waals surface area contributed by atoms with Crippen LogP contribution in [0.1, 0.15) is 29.3 Å². The van der Waals surface area contributed by atoms with E-state index >= 15 is 0 Å². The van der Waals surface area contributed by atoms with Gasteiger partial charge in [-0.05, 0) is 48.9 Å². The van der Waals surface area contributed by atoms with Crippen molar-refractivity contribution in [3.8, 4) is 17.1 Å². The van der Waals surface area contributed by atoms with Crippen LogP contribution in [0.25, 0.3) is 11.4 Å². The number of nitrogens with zero attached hydrogens (tertiary/aromatic N) is 4. The van der Waals surface area contributed by atoms with Crippen LogP contribution in [0.15, 0.2) is 81.6 Å². The molecular formula is C25H23N5O3S. The lowest BCUT2D eigenvalue weighted by molar-refractivity contribution is -0.130. The van der Waals surface area contributed by atoms with Crippen molar-refractivity contribution < 1.29 is 13.9 Å². The number of hydrogen-bond acceptors (Lipinski definition) is 7. The summed E-state index contributed by atoms with van der Waals surface area (Å²) >= 11 is 1.27. The van der Waals surface area contributed by atoms with E-state index in [2.05, 4.69) is 20.3 Å². The summed E-state index contributed by atoms with van der Waals surface area (Å²) in [4.78, 5) is 17.7. The van der Waals surface area contributed by atoms with Gasteiger partial charge >= 0.3 is 0 Å². The molecule has 0 spiro atoms. The fourth-order valence-electron chi connectivity index (χ4n) is 3.74. The summed E-state index contributed by atoms with van der Waals surface area (Å²) in [6, 6.07) is 19.1. The maximum Gasteiger partial charge on any atom is 0.253 e. The Morgan fingerprint density at radius 2 is 1.91 bits per heavy atom. The van der Waals surface area contributed by atoms with E-state index in [0.29, 0.717) is 23.2 Å². The van der Waals surface area contributed by atoms with Gasteiger partial charge in [-0.3, -0.25) is 9.89 Å². The molecule has 0 radical (unpaired) electrons. The van der Waals surface area contributed by atoms with Crippen LogP contribution >= 0.6 is 11.8 Å². The number of aryl methyl sites for hydroxylation is 1. The average Bonchev–Trinajstić information content (AvgIpc) is 3.64. The second kappa shape index (κ2) is 9.56. The lowest BCUT2D eigenvalue weighted by atomic mass is 10.0. The number of carbonyl (C=O) groups is 1. The summed E-state index contributed by atoms with van der Waals surface area (Å²) in [5.74, 6) is 2.15. The smallest absolute Gasteiger partial charge is 0.253 e. The second-order valence-electron chi connectivity index (χ2n) is 7.87. The van der Waals surface area contributed by atoms with Crippen molar-refractivity contribution in [1.82, 2.24) is 20.2 Å². The number of nitrogens with one attached hydrogen (secondary N) is 1. The molecule has 4 aromatic rings. The molecule has 0 saturated carbocycles. The molecule has 1 amide bonds. The number of carbonyl (C=O) groups excluding carboxylic acids is 1. The molecular weight excluding hydrogens is 450 g/mol. The van der Waals surface area contributed by atoms with E-state index in [1.54, 1.807) is 13.4 Å². The minimum Gasteiger partial charge on any atom is -0.497 e. The third kappa shape index (κ3) is 4.60. The Hall–Kier alpha value is -3.85. The van der Waals surface area contributed by atoms with Gasteiger partial charge in [0.1, 0.15) is 17.6 Å². The first-order valence-corrected chi connectivity index (χ1v) is 11.8. The Kier molecular flexibility index (Phi) is 6.18. The average molecular weight is 474 g/mol. The first-order valence-electron chi connectivity index (χ1n) is 10.8. The largest absolute Gasteiger partial charge is 0.497 e. The van der Waals surface area contributed by atoms with Gasteiger partial charge in [0, 0.05) is 12.0 Å². The van der Waals surface area contributed by atoms with E-state index in [0.717, 1.165) is 22.6 Å². The van der Waals surface area contributed by atoms with Crippen molar-refractivity contribution in [1.29, 1.82) is 0 Å². The fraction of sp³-hybridized carbons (Fsp3) is 0.200. The number of aromatic nitrogens is 3. The Labute approximate surface area is 201 Å². The molecule has 9 heteroatoms. The van der Waals surface area contributed by atoms with Crippen molar-refractivity contribution >= 4 is 23.4 Å². The molecule has 5 rings (SSSR count). The molecule has 2 aromatic carbocycles. The number of thioether (sulfide) groups is 1. The molecule has 1 N–H and O–H groups in total. The van der Waals surface area contributed by atoms with Crippen LogP contribution in [-0.2, 0) is 4.79 Å². The Morgan fingerprint density at radius 1 is 1.15 bits per heavy atom. The molecule has 2 aromatic heterocycles. The minimum absolute atomic E-state index is 0.142. The molecule has 34 heavy (non-hydrogen) atoms. The highest BCUT2D eigenvalue weighted by Gasteiger charge is 2.34. The third-order valence-electron chi connectivity index (χ3n) is 5.58. The summed E-state index contributed by atoms with van der Waals surface area (Å²) < 4.78 is 10.9. The van der Waals surface area contributed by atoms with E-state index in [1.165, 1.54) is 22.3 Å². The Balaban J connectivity index is 1.31. The van der Waals surface area contributed by atoms with E-state index in [-0.39, 0.29) is 17.7 Å². The predicted molar refractivity (Wildman–Crippen MR) is 130 cm³/mol. The van der Waals surface area contributed by atoms with E-state index in [1.807, 2.05) is 67.6 Å². The summed E-state index contributed by atoms with van der Waals surface area (Å²) in [5.41, 5.74) is 3.89. The van der Waals surface area contributed by atoms with Gasteiger partial charge in [-0.15, -0.1) is 5.10 Å². The number of ether oxygens (including phenoxy) is 1. The molecule has 0 unspecified atom stereocenters. The lowest BCUT2D eigenvalue weighted by Crippen LogP contribution is -2.28. The Morgan fingerprint density at radius 3 is 2.62 bits per heavy atom. The number of aromatic amines is 1. The number of H-pyrrole nitrogens is 1. The van der Waals surface area contributed by atoms with E-state index in [9.17, 15) is 4.79 Å². The molecule has 3 heterocycles. The van der Waals surface area contributed by atoms with Gasteiger partial charge in [-0.1, -0.05) is 41.6 Å². The second-order valence-corrected chi connectivity index (χ2v) is 8.81. The summed E-state index contributed by atoms with van der Waals surface area (Å²) in [6.07, 6.45) is 2.17. The molecule has 0 saturated heterocycles. The minimum atomic E-state index is -0.296. The van der Waals surface area contributed by atoms with Gasteiger partial charge in [0.05, 0.1) is 24.8 Å². The fourth-order valence-corrected chi connectivity index (χ4v) is 4.40. The van der Waals surface area contributed by atoms with E-state index < -0.39 is 0 Å². The van der Waals surface area contributed by atoms with Crippen molar-refractivity contribution in [2.24, 2.45) is 5.10 Å². The number of methoxy groups -OCH3 is 1. The van der Waals surface area contributed by atoms with Crippen molar-refractivity contribution in [3.63, 3.8) is 0 Å². The van der Waals surface area contributed by atoms with Crippen molar-refractivity contribution in [2.45, 2.75) is 24.5 Å². The molecule has 0 fully saturated rings. The third-order valence-corrected chi connectivity index (χ3v) is 6.41. The van der Waals surface area contributed by atoms with Gasteiger partial charge in [0.25, 0.3) is 5.91 Å². The summed E-state index contributed by atoms with van der Waals surface area (Å²) in [6.45, 7) is 2.04. The first kappa shape index (κ1) is 22.0. The molecule has 1 aliphatic heterocycles. The molecule has 1 atom stereocenters. The zero-order chi connectivity index (χ0) is 23.5. The normalized spacial score (nSPS) is 15.4. The van der Waals surface area contributed by atoms with Crippen LogP contribution < -0.4 is 4.74 Å². The molecule has 0 bridgehead atoms. The SMILES string of the molecule is COc1ccc(C2=NN(C(=O)CSc3n[nH]c(-c4ccc(C)cc4)n3)[C@@H](c3ccco3)C2)cc1. The number of amides is 1. The number of rotatable bonds is 7. The number of furan rings is 1. The number of hydrazone groups is 1. The van der Waals surface area contributed by atoms with Crippen LogP contribution in [-0.4, -0.2) is 44.7 Å². The highest BCUT2D eigenvalue weighted by atomic mass is 32.2. The van der Waals surface area contributed by atoms with Gasteiger partial charge in [0.2, 0.25) is 5.16 Å². The molecule has 8 nitrogen and oxygen atoms in total. The van der Waals surface area contributed by atoms with Crippen LogP contribution in [0.3, 0.4) is 0 Å². The molecule has 172 valence electrons. The molecule has 1 aliphatic rings. The monoisotopic (exact) mass is 473 g/mol. The molecule has 0 aliphatic carbocycles. The van der Waals surface area contributed by atoms with Crippen molar-refractivity contribution in [3.05, 3.63) is 83.8 Å². The highest BCUT2D eigenvalue weighted by molar-refractivity contribution is 7.99. The van der Waals surface area contributed by atoms with Gasteiger partial charge in [-0.25, -0.2) is 9.99 Å². The highest BCUT2D eigenvalue weighted by Crippen LogP contribution is 2.34. The van der Waals surface area contributed by atoms with Crippen molar-refractivity contribution in [2.75, 3.05) is 12.9 Å². The summed E-state index contributed by atoms with van der Waals surface area (Å²) in [5, 5.41) is 13.9. The quantitative estimate of drug-likeness (QED) is 0.386. The van der Waals surface area contributed by atoms with Gasteiger partial charge < -0.3 is 9.15 Å². The van der Waals surface area contributed by atoms with Gasteiger partial charge in [-0.2, -0.15) is 5.10 Å². The zero-order valence-corrected chi connectivity index (χ0v) is 19.6. The number of hydrogen-bond donors (Lipinski definition) is 1. The maximum absolute atomic E-state index is 13.2. The lowest BCUT2D eigenvalue weighted by Gasteiger charge is -2.19. The van der Waals surface area contributed by atoms with Crippen LogP contribution in [0.4, 0.5) is 0 Å². The van der Waals surface area contributed by atoms with Crippen LogP contribution in [0.2, 0.25) is 0 Å². The topological polar surface area (TPSA) is 96.6 Å². The predicted octanol–water partition coefficient (Wildman–Crippen LogP) is 4.85. The van der Waals surface area contributed by atoms with Gasteiger partial charge in [0.15, 0.2) is 5.82 Å². The summed E-state index contributed by atoms with van der Waals surface area (Å²) in [7, 11) is 1.63. The standard InChI is InChI=1S/C25H23N5O3S/c1-16-5-7-18(8-6-16)24-26-25(28-27-24)34-15-23(31)30-21(22-4-3-13-33-22)14-20(29-30)17-9-11-19(32-2)12-10-17/h3-13,21H,14-15H2,1-2H3,(H,26,27,28)/t21-/m1/s1. The zero-order valence-electron chi connectivity index (χ0n) is 18.8. The van der Waals surface area contributed by atoms with E-state index in [4.69, 9.17) is 9.15 Å². The van der Waals surface area contributed by atoms with Crippen LogP contribution in [0, 0.1) is 6.92 Å². The van der Waals surface area contributed by atoms with Crippen LogP contribution in [0.5, 0.6) is 5.75 Å². The Bertz CT molecular complexity index is 1300. The first-order chi connectivity index (χ1) is 16.6. The maximum atomic E-state index is 13.2.